The second-order valence-corrected chi connectivity index (χ2v) is 4.56. The summed E-state index contributed by atoms with van der Waals surface area (Å²) in [6, 6.07) is 13.8. The van der Waals surface area contributed by atoms with Gasteiger partial charge < -0.3 is 0 Å². The second-order valence-electron chi connectivity index (χ2n) is 3.86. The van der Waals surface area contributed by atoms with Gasteiger partial charge in [-0.3, -0.25) is 4.79 Å². The summed E-state index contributed by atoms with van der Waals surface area (Å²) in [7, 11) is 0. The maximum atomic E-state index is 11.8. The fraction of sp³-hybridized carbons (Fsp3) is 0.143. The van der Waals surface area contributed by atoms with Crippen LogP contribution in [0.15, 0.2) is 42.5 Å². The molecule has 0 aliphatic heterocycles. The predicted molar refractivity (Wildman–Crippen MR) is 71.2 cm³/mol. The molecule has 16 heavy (non-hydrogen) atoms. The van der Waals surface area contributed by atoms with Gasteiger partial charge in [0, 0.05) is 12.0 Å². The first kappa shape index (κ1) is 11.0. The molecule has 0 saturated heterocycles. The van der Waals surface area contributed by atoms with Gasteiger partial charge in [-0.15, -0.1) is 0 Å². The van der Waals surface area contributed by atoms with Gasteiger partial charge in [-0.2, -0.15) is 0 Å². The first-order valence-corrected chi connectivity index (χ1v) is 5.59. The van der Waals surface area contributed by atoms with Crippen molar-refractivity contribution >= 4 is 33.6 Å². The van der Waals surface area contributed by atoms with Crippen molar-refractivity contribution in [2.45, 2.75) is 13.3 Å². The lowest BCUT2D eigenvalue weighted by molar-refractivity contribution is 0.100. The molecule has 0 bridgehead atoms. The molecule has 0 fully saturated rings. The first-order chi connectivity index (χ1) is 7.66. The highest BCUT2D eigenvalue weighted by atomic mass is 32.1. The zero-order valence-electron chi connectivity index (χ0n) is 9.07. The van der Waals surface area contributed by atoms with Gasteiger partial charge in [0.25, 0.3) is 0 Å². The Balaban J connectivity index is 2.39. The van der Waals surface area contributed by atoms with Gasteiger partial charge in [-0.05, 0) is 28.6 Å². The summed E-state index contributed by atoms with van der Waals surface area (Å²) in [6.45, 7) is 1.80. The number of benzene rings is 2. The van der Waals surface area contributed by atoms with Crippen LogP contribution in [0.1, 0.15) is 23.7 Å². The average molecular weight is 228 g/mol. The Morgan fingerprint density at radius 2 is 1.81 bits per heavy atom. The van der Waals surface area contributed by atoms with E-state index in [0.717, 1.165) is 21.2 Å². The minimum Gasteiger partial charge on any atom is -0.294 e. The van der Waals surface area contributed by atoms with Crippen LogP contribution in [0.5, 0.6) is 0 Å². The van der Waals surface area contributed by atoms with Gasteiger partial charge in [0.2, 0.25) is 0 Å². The van der Waals surface area contributed by atoms with E-state index < -0.39 is 0 Å². The van der Waals surface area contributed by atoms with Gasteiger partial charge in [-0.1, -0.05) is 48.6 Å². The molecule has 0 spiro atoms. The van der Waals surface area contributed by atoms with Crippen LogP contribution in [0.2, 0.25) is 0 Å². The van der Waals surface area contributed by atoms with E-state index in [1.165, 1.54) is 0 Å². The van der Waals surface area contributed by atoms with Crippen LogP contribution in [0.25, 0.3) is 10.8 Å². The molecule has 0 heterocycles. The number of fused-ring (bicyclic) bond motifs is 1. The molecule has 2 rings (SSSR count). The van der Waals surface area contributed by atoms with Crippen molar-refractivity contribution in [3.63, 3.8) is 0 Å². The van der Waals surface area contributed by atoms with E-state index >= 15 is 0 Å². The van der Waals surface area contributed by atoms with Crippen LogP contribution < -0.4 is 0 Å². The summed E-state index contributed by atoms with van der Waals surface area (Å²) in [4.78, 5) is 12.5. The van der Waals surface area contributed by atoms with E-state index in [1.807, 2.05) is 42.5 Å². The minimum atomic E-state index is 0.0956. The maximum absolute atomic E-state index is 11.8. The number of ketones is 1. The molecule has 0 amide bonds. The number of hydrogen-bond donors (Lipinski definition) is 0. The van der Waals surface area contributed by atoms with Crippen LogP contribution in [0, 0.1) is 0 Å². The van der Waals surface area contributed by atoms with E-state index in [4.69, 9.17) is 12.2 Å². The van der Waals surface area contributed by atoms with E-state index in [2.05, 4.69) is 0 Å². The maximum Gasteiger partial charge on any atom is 0.167 e. The molecule has 0 unspecified atom stereocenters. The molecule has 0 radical (unpaired) electrons. The lowest BCUT2D eigenvalue weighted by Gasteiger charge is -2.02. The summed E-state index contributed by atoms with van der Waals surface area (Å²) in [5.74, 6) is 0.0956. The molecule has 2 aromatic rings. The Morgan fingerprint density at radius 1 is 1.12 bits per heavy atom. The van der Waals surface area contributed by atoms with Crippen LogP contribution in [-0.2, 0) is 0 Å². The van der Waals surface area contributed by atoms with E-state index in [1.54, 1.807) is 6.92 Å². The van der Waals surface area contributed by atoms with Gasteiger partial charge in [0.15, 0.2) is 5.78 Å². The van der Waals surface area contributed by atoms with Gasteiger partial charge >= 0.3 is 0 Å². The Morgan fingerprint density at radius 3 is 2.50 bits per heavy atom. The second kappa shape index (κ2) is 4.54. The number of carbonyl (C=O) groups is 1. The lowest BCUT2D eigenvalue weighted by Crippen LogP contribution is -2.03. The highest BCUT2D eigenvalue weighted by molar-refractivity contribution is 7.80. The van der Waals surface area contributed by atoms with Crippen molar-refractivity contribution in [1.29, 1.82) is 0 Å². The number of Topliss-reactive ketones (excluding diaryl/α,β-unsaturated/α-hetero) is 1. The Hall–Kier alpha value is -1.54. The fourth-order valence-electron chi connectivity index (χ4n) is 1.69. The normalized spacial score (nSPS) is 10.3. The molecule has 0 aliphatic rings. The van der Waals surface area contributed by atoms with Crippen molar-refractivity contribution in [3.05, 3.63) is 48.0 Å². The van der Waals surface area contributed by atoms with Gasteiger partial charge in [-0.25, -0.2) is 0 Å². The molecule has 2 heteroatoms. The standard InChI is InChI=1S/C14H12OS/c1-10(16)8-14(15)13-7-6-11-4-2-3-5-12(11)9-13/h2-7,9H,8H2,1H3. The molecule has 0 aromatic heterocycles. The largest absolute Gasteiger partial charge is 0.294 e. The predicted octanol–water partition coefficient (Wildman–Crippen LogP) is 3.80. The Labute approximate surface area is 100 Å². The van der Waals surface area contributed by atoms with Crippen molar-refractivity contribution in [2.75, 3.05) is 0 Å². The molecular weight excluding hydrogens is 216 g/mol. The van der Waals surface area contributed by atoms with E-state index in [-0.39, 0.29) is 5.78 Å². The van der Waals surface area contributed by atoms with E-state index in [0.29, 0.717) is 6.42 Å². The number of hydrogen-bond acceptors (Lipinski definition) is 2. The molecular formula is C14H12OS. The lowest BCUT2D eigenvalue weighted by atomic mass is 10.0. The van der Waals surface area contributed by atoms with Crippen molar-refractivity contribution < 1.29 is 4.79 Å². The molecule has 0 aliphatic carbocycles. The Bertz CT molecular complexity index is 557. The third-order valence-corrected chi connectivity index (χ3v) is 2.63. The van der Waals surface area contributed by atoms with Crippen LogP contribution >= 0.6 is 12.2 Å². The third kappa shape index (κ3) is 2.34. The zero-order chi connectivity index (χ0) is 11.5. The van der Waals surface area contributed by atoms with E-state index in [9.17, 15) is 4.79 Å². The summed E-state index contributed by atoms with van der Waals surface area (Å²) in [5.41, 5.74) is 0.739. The number of carbonyl (C=O) groups excluding carboxylic acids is 1. The smallest absolute Gasteiger partial charge is 0.167 e. The third-order valence-electron chi connectivity index (χ3n) is 2.48. The average Bonchev–Trinajstić information content (AvgIpc) is 2.27. The SMILES string of the molecule is CC(=S)CC(=O)c1ccc2ccccc2c1. The summed E-state index contributed by atoms with van der Waals surface area (Å²) in [6.07, 6.45) is 0.355. The monoisotopic (exact) mass is 228 g/mol. The van der Waals surface area contributed by atoms with Gasteiger partial charge in [0.1, 0.15) is 0 Å². The number of rotatable bonds is 3. The molecule has 2 aromatic carbocycles. The Kier molecular flexibility index (Phi) is 3.11. The van der Waals surface area contributed by atoms with Gasteiger partial charge in [0.05, 0.1) is 0 Å². The summed E-state index contributed by atoms with van der Waals surface area (Å²) in [5, 5.41) is 2.24. The van der Waals surface area contributed by atoms with Crippen LogP contribution in [0.4, 0.5) is 0 Å². The highest BCUT2D eigenvalue weighted by Gasteiger charge is 2.06. The summed E-state index contributed by atoms with van der Waals surface area (Å²) < 4.78 is 0. The molecule has 0 saturated carbocycles. The molecule has 0 N–H and O–H groups in total. The first-order valence-electron chi connectivity index (χ1n) is 5.18. The zero-order valence-corrected chi connectivity index (χ0v) is 9.88. The topological polar surface area (TPSA) is 17.1 Å². The molecule has 1 nitrogen and oxygen atoms in total. The fourth-order valence-corrected chi connectivity index (χ4v) is 1.82. The quantitative estimate of drug-likeness (QED) is 0.587. The molecule has 80 valence electrons. The van der Waals surface area contributed by atoms with Crippen LogP contribution in [0.3, 0.4) is 0 Å². The summed E-state index contributed by atoms with van der Waals surface area (Å²) >= 11 is 4.95. The number of thiocarbonyl (C=S) groups is 1. The van der Waals surface area contributed by atoms with Crippen molar-refractivity contribution in [1.82, 2.24) is 0 Å². The van der Waals surface area contributed by atoms with Crippen molar-refractivity contribution in [3.8, 4) is 0 Å². The minimum absolute atomic E-state index is 0.0956. The van der Waals surface area contributed by atoms with Crippen molar-refractivity contribution in [2.24, 2.45) is 0 Å². The highest BCUT2D eigenvalue weighted by Crippen LogP contribution is 2.16. The molecule has 0 atom stereocenters. The van der Waals surface area contributed by atoms with Crippen LogP contribution in [-0.4, -0.2) is 10.6 Å².